The van der Waals surface area contributed by atoms with Crippen LogP contribution in [0.4, 0.5) is 23.4 Å². The van der Waals surface area contributed by atoms with Gasteiger partial charge in [0.05, 0.1) is 0 Å². The first-order chi connectivity index (χ1) is 11.3. The van der Waals surface area contributed by atoms with Gasteiger partial charge in [-0.2, -0.15) is 0 Å². The molecule has 3 rings (SSSR count). The molecule has 0 aliphatic carbocycles. The molecule has 0 bridgehead atoms. The molecule has 0 radical (unpaired) electrons. The predicted octanol–water partition coefficient (Wildman–Crippen LogP) is 3.27. The number of nitrogens with one attached hydrogen (secondary N) is 1. The van der Waals surface area contributed by atoms with Crippen molar-refractivity contribution in [2.24, 2.45) is 0 Å². The number of hydrogen-bond acceptors (Lipinski definition) is 6. The largest absolute Gasteiger partial charge is 0.573 e. The molecule has 0 saturated carbocycles. The van der Waals surface area contributed by atoms with Crippen molar-refractivity contribution < 1.29 is 22.3 Å². The molecule has 2 aromatic heterocycles. The van der Waals surface area contributed by atoms with E-state index in [1.165, 1.54) is 6.07 Å². The zero-order chi connectivity index (χ0) is 17.3. The molecule has 0 spiro atoms. The summed E-state index contributed by atoms with van der Waals surface area (Å²) in [7, 11) is 0. The van der Waals surface area contributed by atoms with E-state index in [0.29, 0.717) is 16.1 Å². The number of anilines is 1. The van der Waals surface area contributed by atoms with Gasteiger partial charge in [0.1, 0.15) is 22.9 Å². The van der Waals surface area contributed by atoms with Gasteiger partial charge in [0, 0.05) is 16.2 Å². The molecule has 0 atom stereocenters. The summed E-state index contributed by atoms with van der Waals surface area (Å²) in [4.78, 5) is 4.56. The van der Waals surface area contributed by atoms with Crippen molar-refractivity contribution in [2.45, 2.75) is 17.0 Å². The highest BCUT2D eigenvalue weighted by Gasteiger charge is 2.31. The fourth-order valence-corrected chi connectivity index (χ4v) is 2.97. The van der Waals surface area contributed by atoms with Crippen molar-refractivity contribution in [3.8, 4) is 5.75 Å². The second kappa shape index (κ2) is 6.15. The monoisotopic (exact) mass is 359 g/mol. The Morgan fingerprint density at radius 3 is 2.79 bits per heavy atom. The lowest BCUT2D eigenvalue weighted by Crippen LogP contribution is -2.17. The number of nitrogen functional groups attached to an aromatic ring is 1. The van der Waals surface area contributed by atoms with Crippen molar-refractivity contribution in [1.29, 1.82) is 0 Å². The first-order valence-corrected chi connectivity index (χ1v) is 7.44. The number of H-pyrrole nitrogens is 1. The molecule has 3 aromatic rings. The number of thioether (sulfide) groups is 1. The molecular weight excluding hydrogens is 350 g/mol. The number of benzene rings is 1. The van der Waals surface area contributed by atoms with Crippen molar-refractivity contribution in [2.75, 3.05) is 5.73 Å². The number of pyridine rings is 1. The van der Waals surface area contributed by atoms with Crippen LogP contribution in [-0.4, -0.2) is 26.8 Å². The molecule has 0 saturated heterocycles. The number of aromatic nitrogens is 4. The average Bonchev–Trinajstić information content (AvgIpc) is 2.94. The molecular formula is C13H9F4N5OS. The summed E-state index contributed by atoms with van der Waals surface area (Å²) in [5, 5.41) is 10.0. The maximum atomic E-state index is 13.8. The molecule has 0 aliphatic rings. The number of nitrogens with zero attached hydrogens (tertiary/aromatic N) is 3. The van der Waals surface area contributed by atoms with Crippen LogP contribution in [0.1, 0.15) is 5.56 Å². The summed E-state index contributed by atoms with van der Waals surface area (Å²) >= 11 is 1.14. The topological polar surface area (TPSA) is 89.7 Å². The van der Waals surface area contributed by atoms with E-state index in [1.807, 2.05) is 0 Å². The Balaban J connectivity index is 1.83. The van der Waals surface area contributed by atoms with Gasteiger partial charge >= 0.3 is 6.36 Å². The van der Waals surface area contributed by atoms with E-state index in [-0.39, 0.29) is 17.1 Å². The summed E-state index contributed by atoms with van der Waals surface area (Å²) in [6, 6.07) is 4.37. The number of nitrogens with two attached hydrogens (primary N) is 1. The SMILES string of the molecule is Nc1cc(SCc2cc(OC(F)(F)F)ccc2F)c2nn[nH]c2n1. The fraction of sp³-hybridized carbons (Fsp3) is 0.154. The van der Waals surface area contributed by atoms with Crippen LogP contribution in [0.25, 0.3) is 11.2 Å². The molecule has 0 fully saturated rings. The minimum absolute atomic E-state index is 0.0479. The number of rotatable bonds is 4. The Morgan fingerprint density at radius 2 is 2.04 bits per heavy atom. The molecule has 11 heteroatoms. The Kier molecular flexibility index (Phi) is 4.18. The summed E-state index contributed by atoms with van der Waals surface area (Å²) < 4.78 is 54.4. The van der Waals surface area contributed by atoms with E-state index in [1.54, 1.807) is 0 Å². The zero-order valence-electron chi connectivity index (χ0n) is 11.8. The lowest BCUT2D eigenvalue weighted by atomic mass is 10.2. The Hall–Kier alpha value is -2.56. The van der Waals surface area contributed by atoms with Crippen molar-refractivity contribution in [3.05, 3.63) is 35.6 Å². The Bertz CT molecular complexity index is 882. The predicted molar refractivity (Wildman–Crippen MR) is 78.7 cm³/mol. The third kappa shape index (κ3) is 3.67. The Labute approximate surface area is 136 Å². The van der Waals surface area contributed by atoms with Gasteiger partial charge in [-0.3, -0.25) is 0 Å². The third-order valence-corrected chi connectivity index (χ3v) is 3.99. The van der Waals surface area contributed by atoms with Gasteiger partial charge in [-0.05, 0) is 24.3 Å². The van der Waals surface area contributed by atoms with Crippen molar-refractivity contribution in [3.63, 3.8) is 0 Å². The zero-order valence-corrected chi connectivity index (χ0v) is 12.6. The summed E-state index contributed by atoms with van der Waals surface area (Å²) in [6.45, 7) is 0. The van der Waals surface area contributed by atoms with Crippen molar-refractivity contribution >= 4 is 28.7 Å². The van der Waals surface area contributed by atoms with Crippen LogP contribution in [0.2, 0.25) is 0 Å². The number of aromatic amines is 1. The first-order valence-electron chi connectivity index (χ1n) is 6.46. The molecule has 6 nitrogen and oxygen atoms in total. The highest BCUT2D eigenvalue weighted by molar-refractivity contribution is 7.98. The van der Waals surface area contributed by atoms with Crippen molar-refractivity contribution in [1.82, 2.24) is 20.4 Å². The number of hydrogen-bond donors (Lipinski definition) is 2. The number of halogens is 4. The van der Waals surface area contributed by atoms with Gasteiger partial charge in [0.25, 0.3) is 0 Å². The lowest BCUT2D eigenvalue weighted by Gasteiger charge is -2.11. The molecule has 126 valence electrons. The highest BCUT2D eigenvalue weighted by Crippen LogP contribution is 2.32. The Morgan fingerprint density at radius 1 is 1.25 bits per heavy atom. The fourth-order valence-electron chi connectivity index (χ4n) is 1.96. The second-order valence-corrected chi connectivity index (χ2v) is 5.66. The minimum atomic E-state index is -4.84. The van der Waals surface area contributed by atoms with E-state index in [9.17, 15) is 17.6 Å². The maximum Gasteiger partial charge on any atom is 0.573 e. The number of fused-ring (bicyclic) bond motifs is 1. The van der Waals surface area contributed by atoms with Gasteiger partial charge in [-0.25, -0.2) is 14.5 Å². The van der Waals surface area contributed by atoms with Crippen LogP contribution < -0.4 is 10.5 Å². The normalized spacial score (nSPS) is 11.8. The van der Waals surface area contributed by atoms with Gasteiger partial charge < -0.3 is 10.5 Å². The molecule has 1 aromatic carbocycles. The summed E-state index contributed by atoms with van der Waals surface area (Å²) in [5.41, 5.74) is 6.52. The van der Waals surface area contributed by atoms with E-state index in [2.05, 4.69) is 25.1 Å². The van der Waals surface area contributed by atoms with E-state index >= 15 is 0 Å². The first kappa shape index (κ1) is 16.3. The van der Waals surface area contributed by atoms with E-state index in [0.717, 1.165) is 30.0 Å². The van der Waals surface area contributed by atoms with E-state index in [4.69, 9.17) is 5.73 Å². The van der Waals surface area contributed by atoms with Crippen LogP contribution in [0, 0.1) is 5.82 Å². The molecule has 24 heavy (non-hydrogen) atoms. The summed E-state index contributed by atoms with van der Waals surface area (Å²) in [5.74, 6) is -0.867. The quantitative estimate of drug-likeness (QED) is 0.549. The van der Waals surface area contributed by atoms with Gasteiger partial charge in [-0.15, -0.1) is 30.0 Å². The van der Waals surface area contributed by atoms with Crippen LogP contribution in [-0.2, 0) is 5.75 Å². The van der Waals surface area contributed by atoms with Gasteiger partial charge in [-0.1, -0.05) is 5.21 Å². The molecule has 2 heterocycles. The molecule has 0 aliphatic heterocycles. The van der Waals surface area contributed by atoms with Crippen LogP contribution in [0.15, 0.2) is 29.2 Å². The van der Waals surface area contributed by atoms with Gasteiger partial charge in [0.15, 0.2) is 5.65 Å². The van der Waals surface area contributed by atoms with Crippen LogP contribution in [0.3, 0.4) is 0 Å². The standard InChI is InChI=1S/C13H9F4N5OS/c14-8-2-1-7(23-13(15,16)17)3-6(8)5-24-9-4-10(18)19-12-11(9)20-22-21-12/h1-4H,5H2,(H3,18,19,20,21,22). The minimum Gasteiger partial charge on any atom is -0.406 e. The third-order valence-electron chi connectivity index (χ3n) is 2.92. The lowest BCUT2D eigenvalue weighted by molar-refractivity contribution is -0.274. The molecule has 3 N–H and O–H groups in total. The highest BCUT2D eigenvalue weighted by atomic mass is 32.2. The second-order valence-electron chi connectivity index (χ2n) is 4.64. The average molecular weight is 359 g/mol. The molecule has 0 amide bonds. The van der Waals surface area contributed by atoms with Gasteiger partial charge in [0.2, 0.25) is 0 Å². The van der Waals surface area contributed by atoms with E-state index < -0.39 is 17.9 Å². The van der Waals surface area contributed by atoms with Crippen LogP contribution >= 0.6 is 11.8 Å². The summed E-state index contributed by atoms with van der Waals surface area (Å²) in [6.07, 6.45) is -4.84. The van der Waals surface area contributed by atoms with Crippen LogP contribution in [0.5, 0.6) is 5.75 Å². The number of ether oxygens (including phenoxy) is 1. The number of alkyl halides is 3. The smallest absolute Gasteiger partial charge is 0.406 e. The molecule has 0 unspecified atom stereocenters. The maximum absolute atomic E-state index is 13.8.